The molecule has 0 saturated heterocycles. The van der Waals surface area contributed by atoms with Crippen LogP contribution in [0.3, 0.4) is 0 Å². The fraction of sp³-hybridized carbons (Fsp3) is 0.261. The fourth-order valence-corrected chi connectivity index (χ4v) is 3.26. The average Bonchev–Trinajstić information content (AvgIpc) is 3.15. The normalized spacial score (nSPS) is 10.7. The molecule has 0 fully saturated rings. The first-order valence-electron chi connectivity index (χ1n) is 9.99. The lowest BCUT2D eigenvalue weighted by molar-refractivity contribution is 0.0943. The number of aromatic nitrogens is 1. The molecule has 2 amide bonds. The Bertz CT molecular complexity index is 1060. The number of amides is 2. The molecule has 0 spiro atoms. The van der Waals surface area contributed by atoms with Crippen LogP contribution in [0.4, 0.5) is 5.69 Å². The highest BCUT2D eigenvalue weighted by Crippen LogP contribution is 2.31. The van der Waals surface area contributed by atoms with Crippen LogP contribution >= 0.6 is 11.6 Å². The van der Waals surface area contributed by atoms with E-state index < -0.39 is 5.91 Å². The van der Waals surface area contributed by atoms with E-state index in [1.807, 2.05) is 13.0 Å². The first kappa shape index (κ1) is 22.5. The zero-order valence-electron chi connectivity index (χ0n) is 17.4. The van der Waals surface area contributed by atoms with Crippen molar-refractivity contribution in [3.05, 3.63) is 70.4 Å². The quantitative estimate of drug-likeness (QED) is 0.469. The Kier molecular flexibility index (Phi) is 7.81. The number of halogens is 1. The van der Waals surface area contributed by atoms with Crippen molar-refractivity contribution >= 4 is 29.1 Å². The monoisotopic (exact) mass is 441 g/mol. The summed E-state index contributed by atoms with van der Waals surface area (Å²) in [6.07, 6.45) is 0.730. The van der Waals surface area contributed by atoms with E-state index in [1.54, 1.807) is 49.4 Å². The van der Waals surface area contributed by atoms with Gasteiger partial charge in [-0.25, -0.2) is 0 Å². The average molecular weight is 442 g/mol. The summed E-state index contributed by atoms with van der Waals surface area (Å²) in [7, 11) is 0. The molecule has 0 radical (unpaired) electrons. The molecular formula is C23H24ClN3O4. The second-order valence-corrected chi connectivity index (χ2v) is 7.19. The molecule has 2 N–H and O–H groups in total. The van der Waals surface area contributed by atoms with Crippen molar-refractivity contribution < 1.29 is 18.8 Å². The van der Waals surface area contributed by atoms with E-state index in [9.17, 15) is 9.59 Å². The second-order valence-electron chi connectivity index (χ2n) is 6.78. The maximum Gasteiger partial charge on any atom is 0.261 e. The number of rotatable bonds is 9. The van der Waals surface area contributed by atoms with Crippen molar-refractivity contribution in [2.24, 2.45) is 0 Å². The van der Waals surface area contributed by atoms with Gasteiger partial charge < -0.3 is 19.9 Å². The highest BCUT2D eigenvalue weighted by atomic mass is 35.5. The summed E-state index contributed by atoms with van der Waals surface area (Å²) in [6, 6.07) is 13.8. The van der Waals surface area contributed by atoms with Gasteiger partial charge in [-0.15, -0.1) is 0 Å². The van der Waals surface area contributed by atoms with Gasteiger partial charge >= 0.3 is 0 Å². The Morgan fingerprint density at radius 1 is 1.13 bits per heavy atom. The number of hydrogen-bond acceptors (Lipinski definition) is 5. The van der Waals surface area contributed by atoms with Crippen molar-refractivity contribution in [2.75, 3.05) is 25.1 Å². The highest BCUT2D eigenvalue weighted by molar-refractivity contribution is 6.33. The number of hydrogen-bond donors (Lipinski definition) is 2. The van der Waals surface area contributed by atoms with E-state index in [0.717, 1.165) is 6.42 Å². The smallest absolute Gasteiger partial charge is 0.261 e. The molecule has 0 saturated carbocycles. The molecule has 0 aliphatic heterocycles. The largest absolute Gasteiger partial charge is 0.382 e. The Hall–Kier alpha value is -3.16. The summed E-state index contributed by atoms with van der Waals surface area (Å²) in [5.41, 5.74) is 2.19. The van der Waals surface area contributed by atoms with Gasteiger partial charge in [-0.1, -0.05) is 41.0 Å². The van der Waals surface area contributed by atoms with Gasteiger partial charge in [0.1, 0.15) is 17.0 Å². The van der Waals surface area contributed by atoms with Gasteiger partial charge in [0, 0.05) is 36.6 Å². The molecule has 3 aromatic rings. The van der Waals surface area contributed by atoms with E-state index in [-0.39, 0.29) is 5.91 Å². The lowest BCUT2D eigenvalue weighted by Crippen LogP contribution is -2.25. The van der Waals surface area contributed by atoms with Gasteiger partial charge in [0.25, 0.3) is 11.8 Å². The van der Waals surface area contributed by atoms with Gasteiger partial charge in [-0.2, -0.15) is 0 Å². The van der Waals surface area contributed by atoms with Crippen molar-refractivity contribution in [1.82, 2.24) is 10.5 Å². The van der Waals surface area contributed by atoms with Crippen LogP contribution in [-0.2, 0) is 4.74 Å². The van der Waals surface area contributed by atoms with E-state index in [2.05, 4.69) is 15.8 Å². The Labute approximate surface area is 185 Å². The minimum Gasteiger partial charge on any atom is -0.382 e. The summed E-state index contributed by atoms with van der Waals surface area (Å²) in [5.74, 6) is -0.246. The van der Waals surface area contributed by atoms with Crippen molar-refractivity contribution in [3.63, 3.8) is 0 Å². The molecule has 3 rings (SSSR count). The summed E-state index contributed by atoms with van der Waals surface area (Å²) >= 11 is 6.26. The number of anilines is 1. The third-order valence-corrected chi connectivity index (χ3v) is 4.89. The lowest BCUT2D eigenvalue weighted by Gasteiger charge is -2.09. The van der Waals surface area contributed by atoms with Crippen LogP contribution < -0.4 is 10.6 Å². The van der Waals surface area contributed by atoms with Crippen LogP contribution in [0.15, 0.2) is 53.1 Å². The van der Waals surface area contributed by atoms with Crippen LogP contribution in [-0.4, -0.2) is 36.7 Å². The minimum atomic E-state index is -0.400. The van der Waals surface area contributed by atoms with E-state index in [4.69, 9.17) is 20.9 Å². The summed E-state index contributed by atoms with van der Waals surface area (Å²) < 4.78 is 10.5. The van der Waals surface area contributed by atoms with Gasteiger partial charge in [0.05, 0.1) is 5.02 Å². The van der Waals surface area contributed by atoms with Crippen LogP contribution in [0.5, 0.6) is 0 Å². The van der Waals surface area contributed by atoms with E-state index in [1.165, 1.54) is 0 Å². The molecule has 31 heavy (non-hydrogen) atoms. The molecule has 162 valence electrons. The first-order chi connectivity index (χ1) is 15.0. The van der Waals surface area contributed by atoms with Crippen LogP contribution in [0.1, 0.15) is 39.8 Å². The van der Waals surface area contributed by atoms with Crippen molar-refractivity contribution in [3.8, 4) is 11.3 Å². The van der Waals surface area contributed by atoms with Crippen LogP contribution in [0, 0.1) is 6.92 Å². The Morgan fingerprint density at radius 2 is 1.94 bits per heavy atom. The lowest BCUT2D eigenvalue weighted by atomic mass is 10.1. The van der Waals surface area contributed by atoms with Crippen molar-refractivity contribution in [2.45, 2.75) is 20.3 Å². The summed E-state index contributed by atoms with van der Waals surface area (Å²) in [5, 5.41) is 10.1. The minimum absolute atomic E-state index is 0.217. The van der Waals surface area contributed by atoms with Gasteiger partial charge in [-0.05, 0) is 44.5 Å². The third-order valence-electron chi connectivity index (χ3n) is 4.56. The van der Waals surface area contributed by atoms with Gasteiger partial charge in [-0.3, -0.25) is 9.59 Å². The number of carbonyl (C=O) groups is 2. The van der Waals surface area contributed by atoms with Crippen LogP contribution in [0.2, 0.25) is 5.02 Å². The fourth-order valence-electron chi connectivity index (χ4n) is 3.03. The zero-order valence-corrected chi connectivity index (χ0v) is 18.2. The molecule has 2 aromatic carbocycles. The topological polar surface area (TPSA) is 93.5 Å². The maximum absolute atomic E-state index is 13.0. The SMILES string of the molecule is CCOCCCNC(=O)c1cccc(NC(=O)c2c(-c3ccccc3Cl)noc2C)c1. The predicted octanol–water partition coefficient (Wildman–Crippen LogP) is 4.71. The molecular weight excluding hydrogens is 418 g/mol. The van der Waals surface area contributed by atoms with Gasteiger partial charge in [0.15, 0.2) is 0 Å². The number of nitrogens with one attached hydrogen (secondary N) is 2. The number of carbonyl (C=O) groups excluding carboxylic acids is 2. The Balaban J connectivity index is 1.72. The third kappa shape index (κ3) is 5.71. The zero-order chi connectivity index (χ0) is 22.2. The number of ether oxygens (including phenoxy) is 1. The summed E-state index contributed by atoms with van der Waals surface area (Å²) in [6.45, 7) is 5.35. The Morgan fingerprint density at radius 3 is 2.71 bits per heavy atom. The molecule has 0 aliphatic rings. The second kappa shape index (κ2) is 10.7. The molecule has 7 nitrogen and oxygen atoms in total. The molecule has 0 bridgehead atoms. The maximum atomic E-state index is 13.0. The van der Waals surface area contributed by atoms with E-state index in [0.29, 0.717) is 58.6 Å². The molecule has 1 heterocycles. The first-order valence-corrected chi connectivity index (χ1v) is 10.4. The molecule has 0 unspecified atom stereocenters. The molecule has 0 atom stereocenters. The predicted molar refractivity (Wildman–Crippen MR) is 120 cm³/mol. The molecule has 1 aromatic heterocycles. The van der Waals surface area contributed by atoms with Crippen LogP contribution in [0.25, 0.3) is 11.3 Å². The van der Waals surface area contributed by atoms with E-state index >= 15 is 0 Å². The molecule has 0 aliphatic carbocycles. The highest BCUT2D eigenvalue weighted by Gasteiger charge is 2.23. The standard InChI is InChI=1S/C23H24ClN3O4/c1-3-30-13-7-12-25-22(28)16-8-6-9-17(14-16)26-23(29)20-15(2)31-27-21(20)18-10-4-5-11-19(18)24/h4-6,8-11,14H,3,7,12-13H2,1-2H3,(H,25,28)(H,26,29). The number of nitrogens with zero attached hydrogens (tertiary/aromatic N) is 1. The number of aryl methyl sites for hydroxylation is 1. The summed E-state index contributed by atoms with van der Waals surface area (Å²) in [4.78, 5) is 25.4. The van der Waals surface area contributed by atoms with Gasteiger partial charge in [0.2, 0.25) is 0 Å². The van der Waals surface area contributed by atoms with Crippen molar-refractivity contribution in [1.29, 1.82) is 0 Å². The molecule has 8 heteroatoms. The number of benzene rings is 2.